The van der Waals surface area contributed by atoms with Gasteiger partial charge in [-0.2, -0.15) is 0 Å². The number of carbonyl (C=O) groups excluding carboxylic acids is 4. The molecule has 9 nitrogen and oxygen atoms in total. The number of aliphatic hydroxyl groups excluding tert-OH is 1. The molecule has 0 rings (SSSR count). The summed E-state index contributed by atoms with van der Waals surface area (Å²) in [5.74, 6) is -0.250. The molecule has 0 atom stereocenters. The van der Waals surface area contributed by atoms with Gasteiger partial charge in [-0.25, -0.2) is 0 Å². The summed E-state index contributed by atoms with van der Waals surface area (Å²) in [6, 6.07) is 0. The van der Waals surface area contributed by atoms with Crippen LogP contribution in [0.5, 0.6) is 0 Å². The SMILES string of the molecule is CCCCC(O)CCCC.CCCCCCCCOC(=O)CCCCCCCC(=O)OCCCCCCCC.CCCCOC(=O)CCCCCCCCC(=O)OCCCC. The molecule has 0 amide bonds. The van der Waals surface area contributed by atoms with E-state index in [1.165, 1.54) is 77.0 Å². The first-order chi connectivity index (χ1) is 29.7. The van der Waals surface area contributed by atoms with Gasteiger partial charge in [-0.1, -0.05) is 189 Å². The summed E-state index contributed by atoms with van der Waals surface area (Å²) in [4.78, 5) is 46.1. The lowest BCUT2D eigenvalue weighted by atomic mass is 10.1. The first-order valence-electron chi connectivity index (χ1n) is 26.0. The van der Waals surface area contributed by atoms with Crippen LogP contribution >= 0.6 is 0 Å². The Bertz CT molecular complexity index is 839. The number of carbonyl (C=O) groups is 4. The highest BCUT2D eigenvalue weighted by Gasteiger charge is 2.06. The lowest BCUT2D eigenvalue weighted by Crippen LogP contribution is -2.06. The summed E-state index contributed by atoms with van der Waals surface area (Å²) < 4.78 is 20.8. The van der Waals surface area contributed by atoms with Crippen molar-refractivity contribution in [1.82, 2.24) is 0 Å². The summed E-state index contributed by atoms with van der Waals surface area (Å²) >= 11 is 0. The van der Waals surface area contributed by atoms with Crippen molar-refractivity contribution in [1.29, 1.82) is 0 Å². The molecule has 0 fully saturated rings. The molecule has 61 heavy (non-hydrogen) atoms. The van der Waals surface area contributed by atoms with Crippen LogP contribution in [0.2, 0.25) is 0 Å². The molecule has 0 radical (unpaired) electrons. The first-order valence-corrected chi connectivity index (χ1v) is 26.0. The Balaban J connectivity index is -0.000000922. The zero-order valence-electron chi connectivity index (χ0n) is 41.3. The quantitative estimate of drug-likeness (QED) is 0.0362. The van der Waals surface area contributed by atoms with Crippen molar-refractivity contribution < 1.29 is 43.2 Å². The highest BCUT2D eigenvalue weighted by Crippen LogP contribution is 2.12. The van der Waals surface area contributed by atoms with Crippen molar-refractivity contribution in [3.05, 3.63) is 0 Å². The molecule has 364 valence electrons. The fourth-order valence-electron chi connectivity index (χ4n) is 6.42. The molecule has 0 aliphatic rings. The number of hydrogen-bond donors (Lipinski definition) is 1. The zero-order chi connectivity index (χ0) is 45.7. The van der Waals surface area contributed by atoms with Gasteiger partial charge in [0.05, 0.1) is 32.5 Å². The predicted molar refractivity (Wildman–Crippen MR) is 255 cm³/mol. The maximum absolute atomic E-state index is 11.7. The van der Waals surface area contributed by atoms with Crippen molar-refractivity contribution in [2.75, 3.05) is 26.4 Å². The number of aliphatic hydroxyl groups is 1. The fraction of sp³-hybridized carbons (Fsp3) is 0.923. The van der Waals surface area contributed by atoms with Crippen LogP contribution in [0.1, 0.15) is 279 Å². The van der Waals surface area contributed by atoms with Gasteiger partial charge in [0.2, 0.25) is 0 Å². The molecule has 0 aromatic carbocycles. The molecule has 0 aliphatic carbocycles. The summed E-state index contributed by atoms with van der Waals surface area (Å²) in [6.07, 6.45) is 38.4. The molecule has 0 saturated heterocycles. The fourth-order valence-corrected chi connectivity index (χ4v) is 6.42. The summed E-state index contributed by atoms with van der Waals surface area (Å²) in [5.41, 5.74) is 0. The molecular weight excluding hydrogens is 769 g/mol. The molecule has 0 saturated carbocycles. The standard InChI is InChI=1S/C25H48O4.C18H34O4.C9H20O/c1-3-5-7-9-14-18-22-28-24(26)20-16-12-11-13-17-21-25(27)29-23-19-15-10-8-6-4-2;1-3-5-15-21-17(19)13-11-9-7-8-10-12-14-18(20)22-16-6-4-2;1-3-5-7-9(10)8-6-4-2/h3-23H2,1-2H3;3-16H2,1-2H3;9-10H,3-8H2,1-2H3. The molecular formula is C52H102O9. The molecule has 0 heterocycles. The van der Waals surface area contributed by atoms with E-state index >= 15 is 0 Å². The van der Waals surface area contributed by atoms with Crippen LogP contribution in [-0.2, 0) is 38.1 Å². The van der Waals surface area contributed by atoms with E-state index in [0.717, 1.165) is 135 Å². The monoisotopic (exact) mass is 871 g/mol. The number of rotatable bonds is 43. The Kier molecular flexibility index (Phi) is 57.8. The van der Waals surface area contributed by atoms with Crippen LogP contribution in [0.4, 0.5) is 0 Å². The number of esters is 4. The lowest BCUT2D eigenvalue weighted by molar-refractivity contribution is -0.144. The second-order valence-corrected chi connectivity index (χ2v) is 17.0. The van der Waals surface area contributed by atoms with Crippen molar-refractivity contribution in [3.63, 3.8) is 0 Å². The zero-order valence-corrected chi connectivity index (χ0v) is 41.3. The third-order valence-electron chi connectivity index (χ3n) is 10.6. The van der Waals surface area contributed by atoms with Crippen molar-refractivity contribution in [2.45, 2.75) is 285 Å². The Hall–Kier alpha value is -2.16. The van der Waals surface area contributed by atoms with Gasteiger partial charge in [-0.05, 0) is 64.2 Å². The Morgan fingerprint density at radius 2 is 0.508 bits per heavy atom. The van der Waals surface area contributed by atoms with E-state index in [2.05, 4.69) is 41.5 Å². The largest absolute Gasteiger partial charge is 0.466 e. The van der Waals surface area contributed by atoms with Crippen LogP contribution in [0.15, 0.2) is 0 Å². The van der Waals surface area contributed by atoms with E-state index in [1.54, 1.807) is 0 Å². The van der Waals surface area contributed by atoms with Gasteiger partial charge in [-0.15, -0.1) is 0 Å². The van der Waals surface area contributed by atoms with Crippen molar-refractivity contribution in [3.8, 4) is 0 Å². The third-order valence-corrected chi connectivity index (χ3v) is 10.6. The number of hydrogen-bond acceptors (Lipinski definition) is 9. The van der Waals surface area contributed by atoms with Crippen molar-refractivity contribution in [2.24, 2.45) is 0 Å². The van der Waals surface area contributed by atoms with Crippen LogP contribution < -0.4 is 0 Å². The first kappa shape index (κ1) is 63.1. The molecule has 0 spiro atoms. The van der Waals surface area contributed by atoms with Gasteiger partial charge in [0.25, 0.3) is 0 Å². The average molecular weight is 871 g/mol. The van der Waals surface area contributed by atoms with E-state index in [4.69, 9.17) is 18.9 Å². The van der Waals surface area contributed by atoms with Gasteiger partial charge in [0.15, 0.2) is 0 Å². The molecule has 0 aromatic heterocycles. The van der Waals surface area contributed by atoms with Gasteiger partial charge >= 0.3 is 23.9 Å². The van der Waals surface area contributed by atoms with Gasteiger partial charge in [-0.3, -0.25) is 19.2 Å². The van der Waals surface area contributed by atoms with Gasteiger partial charge < -0.3 is 24.1 Å². The van der Waals surface area contributed by atoms with Crippen LogP contribution in [-0.4, -0.2) is 61.5 Å². The third kappa shape index (κ3) is 60.0. The van der Waals surface area contributed by atoms with E-state index < -0.39 is 0 Å². The smallest absolute Gasteiger partial charge is 0.305 e. The molecule has 0 unspecified atom stereocenters. The van der Waals surface area contributed by atoms with E-state index in [0.29, 0.717) is 52.1 Å². The summed E-state index contributed by atoms with van der Waals surface area (Å²) in [7, 11) is 0. The Labute approximate surface area is 377 Å². The summed E-state index contributed by atoms with van der Waals surface area (Å²) in [6.45, 7) is 15.2. The summed E-state index contributed by atoms with van der Waals surface area (Å²) in [5, 5.41) is 9.31. The second kappa shape index (κ2) is 55.9. The second-order valence-electron chi connectivity index (χ2n) is 17.0. The molecule has 1 N–H and O–H groups in total. The molecule has 0 bridgehead atoms. The minimum atomic E-state index is -0.0664. The topological polar surface area (TPSA) is 125 Å². The van der Waals surface area contributed by atoms with Crippen LogP contribution in [0, 0.1) is 0 Å². The average Bonchev–Trinajstić information content (AvgIpc) is 3.25. The minimum Gasteiger partial charge on any atom is -0.466 e. The van der Waals surface area contributed by atoms with E-state index in [9.17, 15) is 24.3 Å². The number of unbranched alkanes of at least 4 members (excludes halogenated alkanes) is 23. The van der Waals surface area contributed by atoms with Crippen LogP contribution in [0.3, 0.4) is 0 Å². The molecule has 9 heteroatoms. The maximum Gasteiger partial charge on any atom is 0.305 e. The highest BCUT2D eigenvalue weighted by molar-refractivity contribution is 5.70. The van der Waals surface area contributed by atoms with E-state index in [1.807, 2.05) is 0 Å². The predicted octanol–water partition coefficient (Wildman–Crippen LogP) is 15.0. The Morgan fingerprint density at radius 1 is 0.295 bits per heavy atom. The van der Waals surface area contributed by atoms with Crippen LogP contribution in [0.25, 0.3) is 0 Å². The maximum atomic E-state index is 11.7. The lowest BCUT2D eigenvalue weighted by Gasteiger charge is -2.07. The Morgan fingerprint density at radius 3 is 0.770 bits per heavy atom. The van der Waals surface area contributed by atoms with Crippen molar-refractivity contribution >= 4 is 23.9 Å². The van der Waals surface area contributed by atoms with Gasteiger partial charge in [0.1, 0.15) is 0 Å². The minimum absolute atomic E-state index is 0.0279. The molecule has 0 aliphatic heterocycles. The molecule has 0 aromatic rings. The number of ether oxygens (including phenoxy) is 4. The van der Waals surface area contributed by atoms with E-state index in [-0.39, 0.29) is 30.0 Å². The highest BCUT2D eigenvalue weighted by atomic mass is 16.5. The normalized spacial score (nSPS) is 10.7. The van der Waals surface area contributed by atoms with Gasteiger partial charge in [0, 0.05) is 25.7 Å².